The zero-order valence-electron chi connectivity index (χ0n) is 9.19. The van der Waals surface area contributed by atoms with Gasteiger partial charge in [0.05, 0.1) is 10.9 Å². The number of aryl methyl sites for hydroxylation is 1. The van der Waals surface area contributed by atoms with Crippen molar-refractivity contribution in [1.82, 2.24) is 9.55 Å². The Labute approximate surface area is 88.4 Å². The first-order valence-corrected chi connectivity index (χ1v) is 5.05. The van der Waals surface area contributed by atoms with Gasteiger partial charge in [-0.3, -0.25) is 9.78 Å². The number of fused-ring (bicyclic) bond motifs is 1. The van der Waals surface area contributed by atoms with Gasteiger partial charge in [0.25, 0.3) is 5.56 Å². The predicted molar refractivity (Wildman–Crippen MR) is 61.1 cm³/mol. The summed E-state index contributed by atoms with van der Waals surface area (Å²) in [5, 5.41) is 0.700. The molecule has 2 rings (SSSR count). The van der Waals surface area contributed by atoms with Crippen LogP contribution in [-0.2, 0) is 7.05 Å². The Balaban J connectivity index is 2.80. The molecule has 0 unspecified atom stereocenters. The van der Waals surface area contributed by atoms with Crippen molar-refractivity contribution >= 4 is 10.9 Å². The van der Waals surface area contributed by atoms with E-state index in [1.807, 2.05) is 18.3 Å². The largest absolute Gasteiger partial charge is 0.318 e. The lowest BCUT2D eigenvalue weighted by Crippen LogP contribution is -2.16. The summed E-state index contributed by atoms with van der Waals surface area (Å²) in [5.74, 6) is 0.395. The van der Waals surface area contributed by atoms with E-state index in [-0.39, 0.29) is 5.56 Å². The predicted octanol–water partition coefficient (Wildman–Crippen LogP) is 2.06. The van der Waals surface area contributed by atoms with Crippen LogP contribution in [0.15, 0.2) is 29.3 Å². The van der Waals surface area contributed by atoms with E-state index in [4.69, 9.17) is 0 Å². The van der Waals surface area contributed by atoms with Crippen LogP contribution < -0.4 is 5.56 Å². The number of hydrogen-bond acceptors (Lipinski definition) is 2. The van der Waals surface area contributed by atoms with Gasteiger partial charge in [-0.15, -0.1) is 0 Å². The summed E-state index contributed by atoms with van der Waals surface area (Å²) in [7, 11) is 1.75. The minimum atomic E-state index is 0.0162. The fraction of sp³-hybridized carbons (Fsp3) is 0.333. The van der Waals surface area contributed by atoms with E-state index in [0.717, 1.165) is 11.1 Å². The lowest BCUT2D eigenvalue weighted by atomic mass is 10.0. The monoisotopic (exact) mass is 202 g/mol. The summed E-state index contributed by atoms with van der Waals surface area (Å²) >= 11 is 0. The Kier molecular flexibility index (Phi) is 2.31. The summed E-state index contributed by atoms with van der Waals surface area (Å²) < 4.78 is 1.58. The zero-order valence-corrected chi connectivity index (χ0v) is 9.19. The average molecular weight is 202 g/mol. The van der Waals surface area contributed by atoms with Crippen LogP contribution in [0.1, 0.15) is 25.3 Å². The Bertz CT molecular complexity index is 555. The molecule has 78 valence electrons. The van der Waals surface area contributed by atoms with E-state index < -0.39 is 0 Å². The first-order chi connectivity index (χ1) is 7.09. The SMILES string of the molecule is CC(C)c1cnc2ccn(C)c(=O)c2c1. The van der Waals surface area contributed by atoms with Crippen molar-refractivity contribution in [3.05, 3.63) is 40.4 Å². The molecule has 0 saturated heterocycles. The van der Waals surface area contributed by atoms with E-state index in [9.17, 15) is 4.79 Å². The molecule has 0 bridgehead atoms. The molecule has 0 radical (unpaired) electrons. The van der Waals surface area contributed by atoms with Crippen molar-refractivity contribution in [3.63, 3.8) is 0 Å². The zero-order chi connectivity index (χ0) is 11.0. The quantitative estimate of drug-likeness (QED) is 0.709. The molecule has 0 N–H and O–H groups in total. The number of hydrogen-bond donors (Lipinski definition) is 0. The van der Waals surface area contributed by atoms with Gasteiger partial charge in [0.2, 0.25) is 0 Å². The summed E-state index contributed by atoms with van der Waals surface area (Å²) in [4.78, 5) is 16.1. The number of aromatic nitrogens is 2. The van der Waals surface area contributed by atoms with E-state index in [0.29, 0.717) is 11.3 Å². The smallest absolute Gasteiger partial charge is 0.259 e. The van der Waals surface area contributed by atoms with Crippen LogP contribution in [0.4, 0.5) is 0 Å². The maximum Gasteiger partial charge on any atom is 0.259 e. The van der Waals surface area contributed by atoms with Crippen molar-refractivity contribution in [2.24, 2.45) is 7.05 Å². The van der Waals surface area contributed by atoms with Crippen LogP contribution in [0, 0.1) is 0 Å². The van der Waals surface area contributed by atoms with Gasteiger partial charge in [-0.2, -0.15) is 0 Å². The summed E-state index contributed by atoms with van der Waals surface area (Å²) in [6, 6.07) is 3.80. The molecule has 0 aromatic carbocycles. The number of pyridine rings is 2. The first kappa shape index (κ1) is 9.90. The van der Waals surface area contributed by atoms with Gasteiger partial charge in [-0.05, 0) is 23.6 Å². The fourth-order valence-corrected chi connectivity index (χ4v) is 1.55. The van der Waals surface area contributed by atoms with Gasteiger partial charge < -0.3 is 4.57 Å². The van der Waals surface area contributed by atoms with Crippen molar-refractivity contribution in [1.29, 1.82) is 0 Å². The van der Waals surface area contributed by atoms with Crippen LogP contribution in [0.2, 0.25) is 0 Å². The third-order valence-electron chi connectivity index (χ3n) is 2.61. The van der Waals surface area contributed by atoms with Crippen molar-refractivity contribution in [2.45, 2.75) is 19.8 Å². The normalized spacial score (nSPS) is 11.2. The third kappa shape index (κ3) is 1.65. The van der Waals surface area contributed by atoms with Crippen LogP contribution >= 0.6 is 0 Å². The van der Waals surface area contributed by atoms with Crippen LogP contribution in [0.3, 0.4) is 0 Å². The molecule has 0 saturated carbocycles. The molecule has 15 heavy (non-hydrogen) atoms. The van der Waals surface area contributed by atoms with Crippen LogP contribution in [-0.4, -0.2) is 9.55 Å². The van der Waals surface area contributed by atoms with E-state index >= 15 is 0 Å². The Morgan fingerprint density at radius 3 is 2.80 bits per heavy atom. The average Bonchev–Trinajstić information content (AvgIpc) is 2.23. The minimum Gasteiger partial charge on any atom is -0.318 e. The van der Waals surface area contributed by atoms with E-state index in [1.165, 1.54) is 0 Å². The molecule has 0 spiro atoms. The number of rotatable bonds is 1. The summed E-state index contributed by atoms with van der Waals surface area (Å²) in [5.41, 5.74) is 1.89. The molecule has 2 aromatic heterocycles. The Hall–Kier alpha value is -1.64. The fourth-order valence-electron chi connectivity index (χ4n) is 1.55. The molecular weight excluding hydrogens is 188 g/mol. The molecule has 3 nitrogen and oxygen atoms in total. The lowest BCUT2D eigenvalue weighted by Gasteiger charge is -2.06. The number of nitrogens with zero attached hydrogens (tertiary/aromatic N) is 2. The maximum absolute atomic E-state index is 11.8. The van der Waals surface area contributed by atoms with Gasteiger partial charge in [0.1, 0.15) is 0 Å². The standard InChI is InChI=1S/C12H14N2O/c1-8(2)9-6-10-11(13-7-9)4-5-14(3)12(10)15/h4-8H,1-3H3. The van der Waals surface area contributed by atoms with Gasteiger partial charge in [0.15, 0.2) is 0 Å². The van der Waals surface area contributed by atoms with Crippen LogP contribution in [0.25, 0.3) is 10.9 Å². The van der Waals surface area contributed by atoms with Crippen molar-refractivity contribution in [2.75, 3.05) is 0 Å². The van der Waals surface area contributed by atoms with Crippen molar-refractivity contribution in [3.8, 4) is 0 Å². The highest BCUT2D eigenvalue weighted by atomic mass is 16.1. The van der Waals surface area contributed by atoms with Gasteiger partial charge in [0, 0.05) is 19.4 Å². The molecule has 0 atom stereocenters. The van der Waals surface area contributed by atoms with E-state index in [2.05, 4.69) is 18.8 Å². The molecule has 0 aliphatic heterocycles. The highest BCUT2D eigenvalue weighted by molar-refractivity contribution is 5.77. The second-order valence-electron chi connectivity index (χ2n) is 4.09. The highest BCUT2D eigenvalue weighted by Gasteiger charge is 2.05. The molecule has 2 aromatic rings. The van der Waals surface area contributed by atoms with Crippen molar-refractivity contribution < 1.29 is 0 Å². The van der Waals surface area contributed by atoms with Crippen LogP contribution in [0.5, 0.6) is 0 Å². The second kappa shape index (κ2) is 3.50. The third-order valence-corrected chi connectivity index (χ3v) is 2.61. The maximum atomic E-state index is 11.8. The second-order valence-corrected chi connectivity index (χ2v) is 4.09. The summed E-state index contributed by atoms with van der Waals surface area (Å²) in [6.07, 6.45) is 3.58. The van der Waals surface area contributed by atoms with Gasteiger partial charge in [-0.1, -0.05) is 13.8 Å². The molecule has 0 amide bonds. The first-order valence-electron chi connectivity index (χ1n) is 5.05. The molecule has 3 heteroatoms. The Morgan fingerprint density at radius 1 is 1.40 bits per heavy atom. The minimum absolute atomic E-state index is 0.0162. The molecule has 0 fully saturated rings. The van der Waals surface area contributed by atoms with Gasteiger partial charge >= 0.3 is 0 Å². The molecule has 0 aliphatic carbocycles. The lowest BCUT2D eigenvalue weighted by molar-refractivity contribution is 0.853. The molecule has 2 heterocycles. The van der Waals surface area contributed by atoms with Gasteiger partial charge in [-0.25, -0.2) is 0 Å². The summed E-state index contributed by atoms with van der Waals surface area (Å²) in [6.45, 7) is 4.19. The highest BCUT2D eigenvalue weighted by Crippen LogP contribution is 2.16. The van der Waals surface area contributed by atoms with E-state index in [1.54, 1.807) is 17.8 Å². The molecular formula is C12H14N2O. The topological polar surface area (TPSA) is 34.9 Å². The Morgan fingerprint density at radius 2 is 2.13 bits per heavy atom. The molecule has 0 aliphatic rings.